The first kappa shape index (κ1) is 14.3. The van der Waals surface area contributed by atoms with E-state index in [1.165, 1.54) is 38.6 Å². The molecule has 1 amide bonds. The highest BCUT2D eigenvalue weighted by atomic mass is 16.2. The van der Waals surface area contributed by atoms with Gasteiger partial charge in [-0.1, -0.05) is 0 Å². The molecule has 0 bridgehead atoms. The van der Waals surface area contributed by atoms with E-state index in [2.05, 4.69) is 22.2 Å². The molecular formula is C16H29N3O. The van der Waals surface area contributed by atoms with Crippen molar-refractivity contribution in [1.82, 2.24) is 15.1 Å². The first-order valence-electron chi connectivity index (χ1n) is 8.43. The van der Waals surface area contributed by atoms with Gasteiger partial charge in [-0.05, 0) is 70.6 Å². The largest absolute Gasteiger partial charge is 0.342 e. The second-order valence-corrected chi connectivity index (χ2v) is 6.98. The molecule has 3 saturated heterocycles. The Morgan fingerprint density at radius 3 is 2.75 bits per heavy atom. The summed E-state index contributed by atoms with van der Waals surface area (Å²) in [4.78, 5) is 17.2. The molecule has 1 N–H and O–H groups in total. The van der Waals surface area contributed by atoms with E-state index in [0.717, 1.165) is 44.6 Å². The van der Waals surface area contributed by atoms with Gasteiger partial charge in [-0.2, -0.15) is 0 Å². The number of nitrogens with zero attached hydrogens (tertiary/aromatic N) is 2. The Morgan fingerprint density at radius 1 is 1.15 bits per heavy atom. The number of hydrogen-bond donors (Lipinski definition) is 1. The number of carbonyl (C=O) groups excluding carboxylic acids is 1. The first-order chi connectivity index (χ1) is 9.74. The van der Waals surface area contributed by atoms with Gasteiger partial charge in [0.1, 0.15) is 0 Å². The van der Waals surface area contributed by atoms with E-state index in [0.29, 0.717) is 11.8 Å². The molecule has 0 spiro atoms. The Kier molecular flexibility index (Phi) is 4.61. The molecule has 0 aliphatic carbocycles. The Labute approximate surface area is 122 Å². The van der Waals surface area contributed by atoms with Crippen molar-refractivity contribution in [1.29, 1.82) is 0 Å². The summed E-state index contributed by atoms with van der Waals surface area (Å²) in [5.41, 5.74) is 0. The Balaban J connectivity index is 1.51. The van der Waals surface area contributed by atoms with Gasteiger partial charge in [0.15, 0.2) is 0 Å². The molecule has 20 heavy (non-hydrogen) atoms. The van der Waals surface area contributed by atoms with Crippen molar-refractivity contribution in [3.05, 3.63) is 0 Å². The second-order valence-electron chi connectivity index (χ2n) is 6.98. The number of fused-ring (bicyclic) bond motifs is 1. The molecule has 0 aromatic carbocycles. The molecule has 3 aliphatic rings. The van der Waals surface area contributed by atoms with Crippen LogP contribution in [0.25, 0.3) is 0 Å². The molecule has 0 aromatic rings. The van der Waals surface area contributed by atoms with Gasteiger partial charge in [-0.15, -0.1) is 0 Å². The summed E-state index contributed by atoms with van der Waals surface area (Å²) >= 11 is 0. The molecule has 4 heteroatoms. The Bertz CT molecular complexity index is 341. The molecule has 3 heterocycles. The minimum absolute atomic E-state index is 0.420. The van der Waals surface area contributed by atoms with Crippen molar-refractivity contribution in [2.24, 2.45) is 11.8 Å². The van der Waals surface area contributed by atoms with Gasteiger partial charge in [0.2, 0.25) is 5.91 Å². The molecule has 0 aromatic heterocycles. The van der Waals surface area contributed by atoms with Gasteiger partial charge in [0.25, 0.3) is 0 Å². The quantitative estimate of drug-likeness (QED) is 0.828. The third-order valence-electron chi connectivity index (χ3n) is 5.62. The molecule has 2 atom stereocenters. The summed E-state index contributed by atoms with van der Waals surface area (Å²) in [5.74, 6) is 1.76. The molecule has 3 aliphatic heterocycles. The van der Waals surface area contributed by atoms with Gasteiger partial charge >= 0.3 is 0 Å². The molecule has 2 unspecified atom stereocenters. The third kappa shape index (κ3) is 3.17. The molecule has 3 rings (SSSR count). The summed E-state index contributed by atoms with van der Waals surface area (Å²) in [6, 6.07) is 0.728. The maximum atomic E-state index is 12.5. The predicted octanol–water partition coefficient (Wildman–Crippen LogP) is 1.32. The zero-order valence-corrected chi connectivity index (χ0v) is 12.8. The van der Waals surface area contributed by atoms with Gasteiger partial charge in [-0.3, -0.25) is 4.79 Å². The lowest BCUT2D eigenvalue weighted by atomic mass is 9.83. The average Bonchev–Trinajstić information content (AvgIpc) is 2.48. The van der Waals surface area contributed by atoms with Gasteiger partial charge in [0.05, 0.1) is 0 Å². The van der Waals surface area contributed by atoms with Crippen molar-refractivity contribution in [3.8, 4) is 0 Å². The van der Waals surface area contributed by atoms with Crippen molar-refractivity contribution >= 4 is 5.91 Å². The summed E-state index contributed by atoms with van der Waals surface area (Å²) in [6.45, 7) is 5.42. The molecule has 114 valence electrons. The SMILES string of the molecule is CN1CCCC2CN(C(=O)CC3CCNCC3)CCC21. The summed E-state index contributed by atoms with van der Waals surface area (Å²) in [7, 11) is 2.25. The summed E-state index contributed by atoms with van der Waals surface area (Å²) < 4.78 is 0. The number of hydrogen-bond acceptors (Lipinski definition) is 3. The highest BCUT2D eigenvalue weighted by molar-refractivity contribution is 5.76. The van der Waals surface area contributed by atoms with E-state index in [4.69, 9.17) is 0 Å². The van der Waals surface area contributed by atoms with Crippen molar-refractivity contribution < 1.29 is 4.79 Å². The van der Waals surface area contributed by atoms with Crippen LogP contribution in [0, 0.1) is 11.8 Å². The van der Waals surface area contributed by atoms with E-state index in [1.54, 1.807) is 0 Å². The highest BCUT2D eigenvalue weighted by Gasteiger charge is 2.36. The predicted molar refractivity (Wildman–Crippen MR) is 80.5 cm³/mol. The zero-order chi connectivity index (χ0) is 13.9. The maximum Gasteiger partial charge on any atom is 0.222 e. The fourth-order valence-corrected chi connectivity index (χ4v) is 4.34. The monoisotopic (exact) mass is 279 g/mol. The van der Waals surface area contributed by atoms with Crippen LogP contribution in [0.2, 0.25) is 0 Å². The van der Waals surface area contributed by atoms with Crippen LogP contribution in [0.3, 0.4) is 0 Å². The standard InChI is InChI=1S/C16H29N3O/c1-18-9-2-3-14-12-19(10-6-15(14)18)16(20)11-13-4-7-17-8-5-13/h13-15,17H,2-12H2,1H3. The topological polar surface area (TPSA) is 35.6 Å². The summed E-state index contributed by atoms with van der Waals surface area (Å²) in [5, 5.41) is 3.38. The lowest BCUT2D eigenvalue weighted by Gasteiger charge is -2.46. The minimum Gasteiger partial charge on any atom is -0.342 e. The fraction of sp³-hybridized carbons (Fsp3) is 0.938. The third-order valence-corrected chi connectivity index (χ3v) is 5.62. The molecule has 3 fully saturated rings. The van der Waals surface area contributed by atoms with E-state index in [1.807, 2.05) is 0 Å². The van der Waals surface area contributed by atoms with Crippen LogP contribution in [-0.4, -0.2) is 61.5 Å². The highest BCUT2D eigenvalue weighted by Crippen LogP contribution is 2.30. The number of carbonyl (C=O) groups is 1. The second kappa shape index (κ2) is 6.44. The van der Waals surface area contributed by atoms with E-state index < -0.39 is 0 Å². The normalized spacial score (nSPS) is 33.0. The molecule has 4 nitrogen and oxygen atoms in total. The smallest absolute Gasteiger partial charge is 0.222 e. The maximum absolute atomic E-state index is 12.5. The van der Waals surface area contributed by atoms with Gasteiger partial charge in [-0.25, -0.2) is 0 Å². The first-order valence-corrected chi connectivity index (χ1v) is 8.43. The van der Waals surface area contributed by atoms with Crippen LogP contribution >= 0.6 is 0 Å². The van der Waals surface area contributed by atoms with E-state index in [-0.39, 0.29) is 0 Å². The average molecular weight is 279 g/mol. The van der Waals surface area contributed by atoms with Crippen LogP contribution in [0.4, 0.5) is 0 Å². The zero-order valence-electron chi connectivity index (χ0n) is 12.8. The van der Waals surface area contributed by atoms with Gasteiger partial charge in [0, 0.05) is 25.6 Å². The van der Waals surface area contributed by atoms with Gasteiger partial charge < -0.3 is 15.1 Å². The Hall–Kier alpha value is -0.610. The number of nitrogens with one attached hydrogen (secondary N) is 1. The minimum atomic E-state index is 0.420. The van der Waals surface area contributed by atoms with E-state index in [9.17, 15) is 4.79 Å². The molecule has 0 radical (unpaired) electrons. The van der Waals surface area contributed by atoms with E-state index >= 15 is 0 Å². The molecular weight excluding hydrogens is 250 g/mol. The molecule has 0 saturated carbocycles. The lowest BCUT2D eigenvalue weighted by Crippen LogP contribution is -2.54. The summed E-state index contributed by atoms with van der Waals surface area (Å²) in [6.07, 6.45) is 6.93. The Morgan fingerprint density at radius 2 is 1.95 bits per heavy atom. The van der Waals surface area contributed by atoms with Crippen LogP contribution in [0.5, 0.6) is 0 Å². The van der Waals surface area contributed by atoms with Crippen LogP contribution in [0.1, 0.15) is 38.5 Å². The number of likely N-dealkylation sites (tertiary alicyclic amines) is 2. The van der Waals surface area contributed by atoms with Crippen LogP contribution in [0.15, 0.2) is 0 Å². The van der Waals surface area contributed by atoms with Crippen molar-refractivity contribution in [2.45, 2.75) is 44.6 Å². The lowest BCUT2D eigenvalue weighted by molar-refractivity contribution is -0.135. The van der Waals surface area contributed by atoms with Crippen LogP contribution < -0.4 is 5.32 Å². The number of piperidine rings is 3. The van der Waals surface area contributed by atoms with Crippen LogP contribution in [-0.2, 0) is 4.79 Å². The number of rotatable bonds is 2. The van der Waals surface area contributed by atoms with Crippen molar-refractivity contribution in [3.63, 3.8) is 0 Å². The van der Waals surface area contributed by atoms with Crippen molar-refractivity contribution in [2.75, 3.05) is 39.8 Å². The fourth-order valence-electron chi connectivity index (χ4n) is 4.34. The number of amides is 1.